The second kappa shape index (κ2) is 5.93. The highest BCUT2D eigenvalue weighted by Crippen LogP contribution is 2.44. The number of carbonyl (C=O) groups is 1. The van der Waals surface area contributed by atoms with Gasteiger partial charge in [-0.3, -0.25) is 0 Å². The van der Waals surface area contributed by atoms with Gasteiger partial charge in [0.1, 0.15) is 0 Å². The fourth-order valence-electron chi connectivity index (χ4n) is 2.00. The lowest BCUT2D eigenvalue weighted by molar-refractivity contribution is -0.127. The van der Waals surface area contributed by atoms with Gasteiger partial charge in [0.05, 0.1) is 13.0 Å². The number of aliphatic hydroxyl groups excluding tert-OH is 1. The molecule has 1 saturated carbocycles. The highest BCUT2D eigenvalue weighted by molar-refractivity contribution is 5.89. The molecule has 1 aliphatic rings. The highest BCUT2D eigenvalue weighted by Gasteiger charge is 2.42. The molecule has 0 spiro atoms. The van der Waals surface area contributed by atoms with E-state index in [2.05, 4.69) is 10.6 Å². The summed E-state index contributed by atoms with van der Waals surface area (Å²) >= 11 is 0. The van der Waals surface area contributed by atoms with Gasteiger partial charge in [0.25, 0.3) is 0 Å². The summed E-state index contributed by atoms with van der Waals surface area (Å²) in [5, 5.41) is 14.2. The van der Waals surface area contributed by atoms with Crippen molar-refractivity contribution >= 4 is 11.7 Å². The van der Waals surface area contributed by atoms with E-state index in [-0.39, 0.29) is 17.6 Å². The molecule has 1 aliphatic carbocycles. The van der Waals surface area contributed by atoms with Gasteiger partial charge in [0.2, 0.25) is 0 Å². The Morgan fingerprint density at radius 1 is 1.33 bits per heavy atom. The average molecular weight is 302 g/mol. The van der Waals surface area contributed by atoms with Gasteiger partial charge in [-0.1, -0.05) is 12.1 Å². The van der Waals surface area contributed by atoms with Crippen LogP contribution in [0.2, 0.25) is 0 Å². The fourth-order valence-corrected chi connectivity index (χ4v) is 2.00. The summed E-state index contributed by atoms with van der Waals surface area (Å²) in [5.41, 5.74) is 0.188. The van der Waals surface area contributed by atoms with Gasteiger partial charge in [-0.25, -0.2) is 4.79 Å². The van der Waals surface area contributed by atoms with E-state index in [0.29, 0.717) is 12.2 Å². The van der Waals surface area contributed by atoms with Gasteiger partial charge in [-0.15, -0.1) is 0 Å². The van der Waals surface area contributed by atoms with Crippen LogP contribution in [0.4, 0.5) is 23.7 Å². The third-order valence-corrected chi connectivity index (χ3v) is 3.51. The van der Waals surface area contributed by atoms with E-state index in [9.17, 15) is 18.0 Å². The van der Waals surface area contributed by atoms with E-state index in [1.54, 1.807) is 0 Å². The summed E-state index contributed by atoms with van der Waals surface area (Å²) in [6.07, 6.45) is -3.58. The van der Waals surface area contributed by atoms with Crippen molar-refractivity contribution in [2.24, 2.45) is 5.41 Å². The van der Waals surface area contributed by atoms with Crippen LogP contribution >= 0.6 is 0 Å². The molecule has 1 aromatic carbocycles. The van der Waals surface area contributed by atoms with Crippen molar-refractivity contribution in [3.05, 3.63) is 29.8 Å². The number of benzene rings is 1. The SMILES string of the molecule is O=C(NCC1(CO)CC1)Nc1cccc(CC(F)(F)F)c1. The van der Waals surface area contributed by atoms with E-state index in [1.165, 1.54) is 24.3 Å². The van der Waals surface area contributed by atoms with Crippen molar-refractivity contribution in [3.63, 3.8) is 0 Å². The predicted molar refractivity (Wildman–Crippen MR) is 72.0 cm³/mol. The summed E-state index contributed by atoms with van der Waals surface area (Å²) in [4.78, 5) is 11.7. The molecule has 2 rings (SSSR count). The maximum atomic E-state index is 12.3. The predicted octanol–water partition coefficient (Wildman–Crippen LogP) is 2.69. The van der Waals surface area contributed by atoms with Crippen LogP contribution in [0.3, 0.4) is 0 Å². The molecule has 0 aliphatic heterocycles. The number of aliphatic hydroxyl groups is 1. The Labute approximate surface area is 120 Å². The molecule has 116 valence electrons. The molecule has 0 bridgehead atoms. The van der Waals surface area contributed by atoms with Crippen LogP contribution in [-0.2, 0) is 6.42 Å². The zero-order valence-corrected chi connectivity index (χ0v) is 11.3. The number of nitrogens with one attached hydrogen (secondary N) is 2. The van der Waals surface area contributed by atoms with Gasteiger partial charge < -0.3 is 15.7 Å². The molecule has 2 amide bonds. The minimum Gasteiger partial charge on any atom is -0.396 e. The van der Waals surface area contributed by atoms with E-state index < -0.39 is 18.6 Å². The van der Waals surface area contributed by atoms with Gasteiger partial charge >= 0.3 is 12.2 Å². The van der Waals surface area contributed by atoms with Gasteiger partial charge in [0.15, 0.2) is 0 Å². The smallest absolute Gasteiger partial charge is 0.393 e. The Kier molecular flexibility index (Phi) is 4.41. The minimum atomic E-state index is -4.28. The molecule has 0 atom stereocenters. The van der Waals surface area contributed by atoms with E-state index in [1.807, 2.05) is 0 Å². The first-order valence-corrected chi connectivity index (χ1v) is 6.63. The second-order valence-electron chi connectivity index (χ2n) is 5.46. The lowest BCUT2D eigenvalue weighted by Crippen LogP contribution is -2.35. The number of alkyl halides is 3. The van der Waals surface area contributed by atoms with Crippen LogP contribution in [0.1, 0.15) is 18.4 Å². The Balaban J connectivity index is 1.87. The van der Waals surface area contributed by atoms with Crippen LogP contribution in [-0.4, -0.2) is 30.5 Å². The third-order valence-electron chi connectivity index (χ3n) is 3.51. The van der Waals surface area contributed by atoms with Crippen molar-refractivity contribution in [2.75, 3.05) is 18.5 Å². The average Bonchev–Trinajstić information content (AvgIpc) is 3.15. The molecular formula is C14H17F3N2O2. The van der Waals surface area contributed by atoms with Crippen molar-refractivity contribution < 1.29 is 23.1 Å². The molecule has 7 heteroatoms. The second-order valence-corrected chi connectivity index (χ2v) is 5.46. The topological polar surface area (TPSA) is 61.4 Å². The molecule has 3 N–H and O–H groups in total. The fraction of sp³-hybridized carbons (Fsp3) is 0.500. The van der Waals surface area contributed by atoms with Crippen LogP contribution in [0.5, 0.6) is 0 Å². The molecule has 21 heavy (non-hydrogen) atoms. The number of halogens is 3. The van der Waals surface area contributed by atoms with Crippen molar-refractivity contribution in [3.8, 4) is 0 Å². The van der Waals surface area contributed by atoms with Crippen LogP contribution < -0.4 is 10.6 Å². The van der Waals surface area contributed by atoms with Crippen LogP contribution in [0.25, 0.3) is 0 Å². The number of anilines is 1. The zero-order valence-electron chi connectivity index (χ0n) is 11.3. The van der Waals surface area contributed by atoms with E-state index in [0.717, 1.165) is 12.8 Å². The van der Waals surface area contributed by atoms with Crippen LogP contribution in [0, 0.1) is 5.41 Å². The molecule has 0 heterocycles. The molecule has 0 aromatic heterocycles. The third kappa shape index (κ3) is 4.93. The monoisotopic (exact) mass is 302 g/mol. The van der Waals surface area contributed by atoms with Crippen molar-refractivity contribution in [2.45, 2.75) is 25.4 Å². The minimum absolute atomic E-state index is 0.0222. The lowest BCUT2D eigenvalue weighted by atomic mass is 10.1. The number of carbonyl (C=O) groups excluding carboxylic acids is 1. The Bertz CT molecular complexity index is 513. The maximum Gasteiger partial charge on any atom is 0.393 e. The number of rotatable bonds is 5. The summed E-state index contributed by atoms with van der Waals surface area (Å²) in [5.74, 6) is 0. The molecule has 0 radical (unpaired) electrons. The molecular weight excluding hydrogens is 285 g/mol. The summed E-state index contributed by atoms with van der Waals surface area (Å²) in [6.45, 7) is 0.381. The van der Waals surface area contributed by atoms with Crippen molar-refractivity contribution in [1.82, 2.24) is 5.32 Å². The first kappa shape index (κ1) is 15.6. The Morgan fingerprint density at radius 2 is 2.05 bits per heavy atom. The summed E-state index contributed by atoms with van der Waals surface area (Å²) in [6, 6.07) is 5.16. The number of amides is 2. The molecule has 0 unspecified atom stereocenters. The van der Waals surface area contributed by atoms with Gasteiger partial charge in [-0.05, 0) is 30.5 Å². The largest absolute Gasteiger partial charge is 0.396 e. The first-order valence-electron chi connectivity index (χ1n) is 6.63. The summed E-state index contributed by atoms with van der Waals surface area (Å²) < 4.78 is 36.9. The first-order chi connectivity index (χ1) is 9.82. The highest BCUT2D eigenvalue weighted by atomic mass is 19.4. The quantitative estimate of drug-likeness (QED) is 0.783. The zero-order chi connectivity index (χ0) is 15.5. The summed E-state index contributed by atoms with van der Waals surface area (Å²) in [7, 11) is 0. The number of urea groups is 1. The normalized spacial score (nSPS) is 16.4. The van der Waals surface area contributed by atoms with E-state index >= 15 is 0 Å². The number of hydrogen-bond acceptors (Lipinski definition) is 2. The Morgan fingerprint density at radius 3 is 2.62 bits per heavy atom. The number of hydrogen-bond donors (Lipinski definition) is 3. The molecule has 0 saturated heterocycles. The van der Waals surface area contributed by atoms with Crippen LogP contribution in [0.15, 0.2) is 24.3 Å². The molecule has 4 nitrogen and oxygen atoms in total. The van der Waals surface area contributed by atoms with Crippen molar-refractivity contribution in [1.29, 1.82) is 0 Å². The molecule has 1 aromatic rings. The lowest BCUT2D eigenvalue weighted by Gasteiger charge is -2.14. The standard InChI is InChI=1S/C14H17F3N2O2/c15-14(16,17)7-10-2-1-3-11(6-10)19-12(21)18-8-13(9-20)4-5-13/h1-3,6,20H,4-5,7-9H2,(H2,18,19,21). The van der Waals surface area contributed by atoms with Gasteiger partial charge in [0, 0.05) is 17.6 Å². The Hall–Kier alpha value is -1.76. The van der Waals surface area contributed by atoms with Gasteiger partial charge in [-0.2, -0.15) is 13.2 Å². The molecule has 1 fully saturated rings. The maximum absolute atomic E-state index is 12.3. The van der Waals surface area contributed by atoms with E-state index in [4.69, 9.17) is 5.11 Å².